The van der Waals surface area contributed by atoms with Gasteiger partial charge in [-0.25, -0.2) is 0 Å². The van der Waals surface area contributed by atoms with Crippen LogP contribution in [0.2, 0.25) is 0 Å². The van der Waals surface area contributed by atoms with Crippen LogP contribution in [0.1, 0.15) is 303 Å². The molecular formula is C54H103NO6. The first-order valence-electron chi connectivity index (χ1n) is 27.1. The lowest BCUT2D eigenvalue weighted by molar-refractivity contribution is -0.144. The predicted molar refractivity (Wildman–Crippen MR) is 259 cm³/mol. The highest BCUT2D eigenvalue weighted by Crippen LogP contribution is 2.16. The van der Waals surface area contributed by atoms with E-state index in [1.165, 1.54) is 167 Å². The standard InChI is InChI=1S/C54H103NO6/c1-3-5-7-9-11-13-15-21-27-35-43-51(56)44-36-28-22-16-18-24-30-38-47-54(59)61-50-42-34-32-40-48-55-52(57)45-37-29-23-17-19-25-31-39-46-53(58)60-49-41-33-26-20-14-12-10-8-6-4-2/h3-50H2,1-2H3,(H,55,57). The fourth-order valence-electron chi connectivity index (χ4n) is 8.20. The molecule has 0 fully saturated rings. The zero-order valence-corrected chi connectivity index (χ0v) is 40.9. The molecule has 0 aliphatic heterocycles. The molecule has 0 radical (unpaired) electrons. The third-order valence-corrected chi connectivity index (χ3v) is 12.3. The molecule has 0 aromatic carbocycles. The first-order valence-corrected chi connectivity index (χ1v) is 27.1. The summed E-state index contributed by atoms with van der Waals surface area (Å²) in [4.78, 5) is 48.4. The maximum absolute atomic E-state index is 12.2. The highest BCUT2D eigenvalue weighted by Gasteiger charge is 2.06. The number of hydrogen-bond donors (Lipinski definition) is 1. The first-order chi connectivity index (χ1) is 30.0. The first kappa shape index (κ1) is 59.1. The fourth-order valence-corrected chi connectivity index (χ4v) is 8.20. The van der Waals surface area contributed by atoms with Gasteiger partial charge in [-0.05, 0) is 57.8 Å². The normalized spacial score (nSPS) is 11.2. The molecule has 0 unspecified atom stereocenters. The van der Waals surface area contributed by atoms with E-state index in [1.807, 2.05) is 0 Å². The summed E-state index contributed by atoms with van der Waals surface area (Å²) in [6, 6.07) is 0. The molecule has 61 heavy (non-hydrogen) atoms. The van der Waals surface area contributed by atoms with Gasteiger partial charge in [-0.1, -0.05) is 213 Å². The van der Waals surface area contributed by atoms with Gasteiger partial charge in [-0.15, -0.1) is 0 Å². The Kier molecular flexibility index (Phi) is 49.1. The fraction of sp³-hybridized carbons (Fsp3) is 0.926. The number of ketones is 1. The van der Waals surface area contributed by atoms with E-state index in [0.29, 0.717) is 38.3 Å². The van der Waals surface area contributed by atoms with Crippen molar-refractivity contribution in [2.75, 3.05) is 19.8 Å². The monoisotopic (exact) mass is 862 g/mol. The van der Waals surface area contributed by atoms with Crippen molar-refractivity contribution in [2.24, 2.45) is 0 Å². The third-order valence-electron chi connectivity index (χ3n) is 12.3. The summed E-state index contributed by atoms with van der Waals surface area (Å²) in [5.41, 5.74) is 0. The summed E-state index contributed by atoms with van der Waals surface area (Å²) in [6.45, 7) is 6.34. The zero-order valence-electron chi connectivity index (χ0n) is 40.9. The predicted octanol–water partition coefficient (Wildman–Crippen LogP) is 16.4. The van der Waals surface area contributed by atoms with Gasteiger partial charge >= 0.3 is 11.9 Å². The number of carbonyl (C=O) groups is 4. The number of carbonyl (C=O) groups excluding carboxylic acids is 4. The van der Waals surface area contributed by atoms with Gasteiger partial charge in [0.2, 0.25) is 5.91 Å². The van der Waals surface area contributed by atoms with Crippen molar-refractivity contribution in [1.82, 2.24) is 5.32 Å². The van der Waals surface area contributed by atoms with E-state index in [9.17, 15) is 19.2 Å². The van der Waals surface area contributed by atoms with Gasteiger partial charge in [0.1, 0.15) is 5.78 Å². The Morgan fingerprint density at radius 2 is 0.557 bits per heavy atom. The number of nitrogens with one attached hydrogen (secondary N) is 1. The van der Waals surface area contributed by atoms with Crippen LogP contribution in [0.4, 0.5) is 0 Å². The van der Waals surface area contributed by atoms with Crippen LogP contribution in [0.5, 0.6) is 0 Å². The van der Waals surface area contributed by atoms with Crippen molar-refractivity contribution in [3.63, 3.8) is 0 Å². The topological polar surface area (TPSA) is 98.8 Å². The van der Waals surface area contributed by atoms with Crippen LogP contribution in [-0.4, -0.2) is 43.4 Å². The van der Waals surface area contributed by atoms with Crippen LogP contribution in [0.15, 0.2) is 0 Å². The molecule has 1 N–H and O–H groups in total. The van der Waals surface area contributed by atoms with E-state index in [0.717, 1.165) is 109 Å². The smallest absolute Gasteiger partial charge is 0.305 e. The maximum atomic E-state index is 12.2. The molecule has 0 aromatic rings. The third kappa shape index (κ3) is 50.6. The largest absolute Gasteiger partial charge is 0.466 e. The number of hydrogen-bond acceptors (Lipinski definition) is 6. The molecule has 0 aliphatic carbocycles. The van der Waals surface area contributed by atoms with Crippen LogP contribution in [0.3, 0.4) is 0 Å². The van der Waals surface area contributed by atoms with Gasteiger partial charge < -0.3 is 14.8 Å². The Labute approximate surface area is 379 Å². The van der Waals surface area contributed by atoms with Crippen LogP contribution in [-0.2, 0) is 28.7 Å². The molecule has 0 heterocycles. The maximum Gasteiger partial charge on any atom is 0.305 e. The summed E-state index contributed by atoms with van der Waals surface area (Å²) in [6.07, 6.45) is 51.0. The van der Waals surface area contributed by atoms with E-state index in [-0.39, 0.29) is 17.8 Å². The average molecular weight is 862 g/mol. The Bertz CT molecular complexity index is 954. The number of esters is 2. The molecule has 0 aromatic heterocycles. The molecule has 0 spiro atoms. The quantitative estimate of drug-likeness (QED) is 0.0483. The van der Waals surface area contributed by atoms with E-state index in [2.05, 4.69) is 19.2 Å². The molecule has 360 valence electrons. The van der Waals surface area contributed by atoms with Crippen LogP contribution >= 0.6 is 0 Å². The molecule has 0 saturated heterocycles. The molecule has 0 atom stereocenters. The van der Waals surface area contributed by atoms with Gasteiger partial charge in [-0.2, -0.15) is 0 Å². The van der Waals surface area contributed by atoms with E-state index in [4.69, 9.17) is 9.47 Å². The summed E-state index contributed by atoms with van der Waals surface area (Å²) < 4.78 is 10.8. The SMILES string of the molecule is CCCCCCCCCCCCOC(=O)CCCCCCCCCCC(=O)NCCCCCCOC(=O)CCCCCCCCCCC(=O)CCCCCCCCCCCC. The second kappa shape index (κ2) is 50.7. The van der Waals surface area contributed by atoms with Crippen LogP contribution < -0.4 is 5.32 Å². The minimum atomic E-state index is -0.0710. The molecular weight excluding hydrogens is 759 g/mol. The van der Waals surface area contributed by atoms with Gasteiger partial charge in [0.05, 0.1) is 13.2 Å². The highest BCUT2D eigenvalue weighted by molar-refractivity contribution is 5.78. The number of rotatable bonds is 51. The van der Waals surface area contributed by atoms with Crippen LogP contribution in [0, 0.1) is 0 Å². The number of ether oxygens (including phenoxy) is 2. The second-order valence-electron chi connectivity index (χ2n) is 18.5. The number of amides is 1. The minimum Gasteiger partial charge on any atom is -0.466 e. The van der Waals surface area contributed by atoms with Crippen molar-refractivity contribution in [2.45, 2.75) is 303 Å². The van der Waals surface area contributed by atoms with Crippen molar-refractivity contribution < 1.29 is 28.7 Å². The van der Waals surface area contributed by atoms with Gasteiger partial charge in [-0.3, -0.25) is 19.2 Å². The van der Waals surface area contributed by atoms with Crippen molar-refractivity contribution in [3.8, 4) is 0 Å². The van der Waals surface area contributed by atoms with Crippen molar-refractivity contribution in [3.05, 3.63) is 0 Å². The van der Waals surface area contributed by atoms with Gasteiger partial charge in [0.25, 0.3) is 0 Å². The summed E-state index contributed by atoms with van der Waals surface area (Å²) in [5, 5.41) is 3.06. The summed E-state index contributed by atoms with van der Waals surface area (Å²) in [7, 11) is 0. The highest BCUT2D eigenvalue weighted by atomic mass is 16.5. The van der Waals surface area contributed by atoms with Crippen LogP contribution in [0.25, 0.3) is 0 Å². The number of unbranched alkanes of at least 4 members (excludes halogenated alkanes) is 35. The molecule has 0 saturated carbocycles. The molecule has 0 bridgehead atoms. The lowest BCUT2D eigenvalue weighted by Crippen LogP contribution is -2.23. The molecule has 0 rings (SSSR count). The Morgan fingerprint density at radius 3 is 0.902 bits per heavy atom. The number of Topliss-reactive ketones (excluding diaryl/α,β-unsaturated/α-hetero) is 1. The molecule has 0 aliphatic rings. The van der Waals surface area contributed by atoms with E-state index in [1.54, 1.807) is 0 Å². The van der Waals surface area contributed by atoms with E-state index >= 15 is 0 Å². The summed E-state index contributed by atoms with van der Waals surface area (Å²) >= 11 is 0. The van der Waals surface area contributed by atoms with Crippen molar-refractivity contribution >= 4 is 23.6 Å². The molecule has 7 heteroatoms. The Balaban J connectivity index is 3.33. The van der Waals surface area contributed by atoms with E-state index < -0.39 is 0 Å². The average Bonchev–Trinajstić information content (AvgIpc) is 3.25. The molecule has 1 amide bonds. The second-order valence-corrected chi connectivity index (χ2v) is 18.5. The Morgan fingerprint density at radius 1 is 0.295 bits per heavy atom. The lowest BCUT2D eigenvalue weighted by Gasteiger charge is -2.07. The Hall–Kier alpha value is -1.92. The minimum absolute atomic E-state index is 0.0298. The van der Waals surface area contributed by atoms with Crippen molar-refractivity contribution in [1.29, 1.82) is 0 Å². The molecule has 7 nitrogen and oxygen atoms in total. The lowest BCUT2D eigenvalue weighted by atomic mass is 10.0. The zero-order chi connectivity index (χ0) is 44.4. The summed E-state index contributed by atoms with van der Waals surface area (Å²) in [5.74, 6) is 0.522. The van der Waals surface area contributed by atoms with Gasteiger partial charge in [0, 0.05) is 38.6 Å². The van der Waals surface area contributed by atoms with Gasteiger partial charge in [0.15, 0.2) is 0 Å².